The van der Waals surface area contributed by atoms with Crippen LogP contribution in [0.15, 0.2) is 0 Å². The van der Waals surface area contributed by atoms with E-state index in [9.17, 15) is 13.2 Å². The topological polar surface area (TPSA) is 83.5 Å². The largest absolute Gasteiger partial charge is 0.481 e. The van der Waals surface area contributed by atoms with Gasteiger partial charge in [0.15, 0.2) is 0 Å². The van der Waals surface area contributed by atoms with Gasteiger partial charge in [-0.3, -0.25) is 4.79 Å². The number of rotatable bonds is 9. The molecule has 112 valence electrons. The van der Waals surface area contributed by atoms with Gasteiger partial charge in [0.1, 0.15) is 0 Å². The van der Waals surface area contributed by atoms with Crippen LogP contribution in [0.3, 0.4) is 0 Å². The Morgan fingerprint density at radius 1 is 1.05 bits per heavy atom. The van der Waals surface area contributed by atoms with E-state index >= 15 is 0 Å². The van der Waals surface area contributed by atoms with Gasteiger partial charge in [0, 0.05) is 13.0 Å². The molecule has 0 radical (unpaired) electrons. The van der Waals surface area contributed by atoms with Crippen LogP contribution in [0.5, 0.6) is 0 Å². The van der Waals surface area contributed by atoms with Gasteiger partial charge < -0.3 is 5.11 Å². The summed E-state index contributed by atoms with van der Waals surface area (Å²) in [4.78, 5) is 10.3. The molecule has 0 aromatic carbocycles. The number of hydrogen-bond donors (Lipinski definition) is 2. The standard InChI is InChI=1S/C13H25NO4S/c15-13(16)10-6-1-2-7-11-14-19(17,18)12-8-4-3-5-9-12/h12,14H,1-11H2,(H,15,16). The van der Waals surface area contributed by atoms with Gasteiger partial charge in [0.2, 0.25) is 10.0 Å². The first-order chi connectivity index (χ1) is 9.02. The van der Waals surface area contributed by atoms with E-state index in [1.165, 1.54) is 0 Å². The molecule has 1 aliphatic rings. The molecule has 0 unspecified atom stereocenters. The van der Waals surface area contributed by atoms with E-state index in [-0.39, 0.29) is 11.7 Å². The molecule has 1 saturated carbocycles. The number of hydrogen-bond acceptors (Lipinski definition) is 3. The minimum atomic E-state index is -3.13. The predicted octanol–water partition coefficient (Wildman–Crippen LogP) is 2.27. The molecule has 0 aromatic rings. The van der Waals surface area contributed by atoms with Gasteiger partial charge in [-0.05, 0) is 25.7 Å². The quantitative estimate of drug-likeness (QED) is 0.638. The highest BCUT2D eigenvalue weighted by Gasteiger charge is 2.26. The minimum absolute atomic E-state index is 0.201. The average molecular weight is 291 g/mol. The molecular formula is C13H25NO4S. The van der Waals surface area contributed by atoms with Crippen molar-refractivity contribution in [1.82, 2.24) is 4.72 Å². The average Bonchev–Trinajstić information content (AvgIpc) is 2.38. The summed E-state index contributed by atoms with van der Waals surface area (Å²) in [6.45, 7) is 0.478. The molecule has 0 atom stereocenters. The highest BCUT2D eigenvalue weighted by Crippen LogP contribution is 2.22. The van der Waals surface area contributed by atoms with Crippen LogP contribution in [-0.4, -0.2) is 31.3 Å². The summed E-state index contributed by atoms with van der Waals surface area (Å²) in [6.07, 6.45) is 8.13. The van der Waals surface area contributed by atoms with Crippen molar-refractivity contribution in [3.8, 4) is 0 Å². The molecule has 0 bridgehead atoms. The van der Waals surface area contributed by atoms with Crippen LogP contribution >= 0.6 is 0 Å². The molecular weight excluding hydrogens is 266 g/mol. The van der Waals surface area contributed by atoms with Crippen molar-refractivity contribution >= 4 is 16.0 Å². The number of carboxylic acids is 1. The first kappa shape index (κ1) is 16.4. The van der Waals surface area contributed by atoms with Crippen molar-refractivity contribution in [2.75, 3.05) is 6.54 Å². The fraction of sp³-hybridized carbons (Fsp3) is 0.923. The Bertz CT molecular complexity index is 361. The molecule has 6 heteroatoms. The Balaban J connectivity index is 2.09. The zero-order valence-electron chi connectivity index (χ0n) is 11.4. The fourth-order valence-electron chi connectivity index (χ4n) is 2.46. The molecule has 5 nitrogen and oxygen atoms in total. The molecule has 0 amide bonds. The second-order valence-electron chi connectivity index (χ2n) is 5.26. The van der Waals surface area contributed by atoms with E-state index in [2.05, 4.69) is 4.72 Å². The van der Waals surface area contributed by atoms with Gasteiger partial charge in [-0.15, -0.1) is 0 Å². The van der Waals surface area contributed by atoms with Crippen LogP contribution in [-0.2, 0) is 14.8 Å². The summed E-state index contributed by atoms with van der Waals surface area (Å²) in [7, 11) is -3.13. The maximum Gasteiger partial charge on any atom is 0.303 e. The second kappa shape index (κ2) is 8.53. The van der Waals surface area contributed by atoms with E-state index in [4.69, 9.17) is 5.11 Å². The molecule has 0 heterocycles. The summed E-state index contributed by atoms with van der Waals surface area (Å²) < 4.78 is 26.6. The summed E-state index contributed by atoms with van der Waals surface area (Å²) in [6, 6.07) is 0. The monoisotopic (exact) mass is 291 g/mol. The van der Waals surface area contributed by atoms with E-state index in [0.29, 0.717) is 13.0 Å². The lowest BCUT2D eigenvalue weighted by molar-refractivity contribution is -0.137. The van der Waals surface area contributed by atoms with Crippen molar-refractivity contribution in [2.24, 2.45) is 0 Å². The van der Waals surface area contributed by atoms with E-state index in [0.717, 1.165) is 51.4 Å². The normalized spacial score (nSPS) is 17.5. The first-order valence-corrected chi connectivity index (χ1v) is 8.77. The Kier molecular flexibility index (Phi) is 7.38. The maximum atomic E-state index is 12.0. The molecule has 1 fully saturated rings. The van der Waals surface area contributed by atoms with Gasteiger partial charge in [-0.25, -0.2) is 13.1 Å². The fourth-order valence-corrected chi connectivity index (χ4v) is 4.08. The third kappa shape index (κ3) is 6.92. The van der Waals surface area contributed by atoms with Gasteiger partial charge in [0.25, 0.3) is 0 Å². The molecule has 0 saturated heterocycles. The Hall–Kier alpha value is -0.620. The number of sulfonamides is 1. The smallest absolute Gasteiger partial charge is 0.303 e. The Labute approximate surface area is 115 Å². The van der Waals surface area contributed by atoms with Crippen LogP contribution in [0.4, 0.5) is 0 Å². The van der Waals surface area contributed by atoms with Crippen LogP contribution in [0.2, 0.25) is 0 Å². The van der Waals surface area contributed by atoms with Crippen molar-refractivity contribution in [3.63, 3.8) is 0 Å². The van der Waals surface area contributed by atoms with Crippen molar-refractivity contribution < 1.29 is 18.3 Å². The van der Waals surface area contributed by atoms with E-state index in [1.807, 2.05) is 0 Å². The van der Waals surface area contributed by atoms with Gasteiger partial charge in [-0.1, -0.05) is 32.1 Å². The van der Waals surface area contributed by atoms with Crippen molar-refractivity contribution in [1.29, 1.82) is 0 Å². The number of carboxylic acid groups (broad SMARTS) is 1. The molecule has 19 heavy (non-hydrogen) atoms. The highest BCUT2D eigenvalue weighted by molar-refractivity contribution is 7.90. The lowest BCUT2D eigenvalue weighted by Gasteiger charge is -2.21. The third-order valence-electron chi connectivity index (χ3n) is 3.61. The lowest BCUT2D eigenvalue weighted by Crippen LogP contribution is -2.36. The Morgan fingerprint density at radius 2 is 1.68 bits per heavy atom. The zero-order valence-corrected chi connectivity index (χ0v) is 12.3. The summed E-state index contributed by atoms with van der Waals surface area (Å²) in [5.41, 5.74) is 0. The molecule has 1 aliphatic carbocycles. The van der Waals surface area contributed by atoms with Crippen LogP contribution in [0.25, 0.3) is 0 Å². The maximum absolute atomic E-state index is 12.0. The van der Waals surface area contributed by atoms with E-state index < -0.39 is 16.0 Å². The minimum Gasteiger partial charge on any atom is -0.481 e. The Morgan fingerprint density at radius 3 is 2.32 bits per heavy atom. The van der Waals surface area contributed by atoms with Crippen LogP contribution in [0.1, 0.15) is 64.2 Å². The number of nitrogens with one attached hydrogen (secondary N) is 1. The highest BCUT2D eigenvalue weighted by atomic mass is 32.2. The van der Waals surface area contributed by atoms with Crippen molar-refractivity contribution in [3.05, 3.63) is 0 Å². The molecule has 0 aliphatic heterocycles. The SMILES string of the molecule is O=C(O)CCCCCCNS(=O)(=O)C1CCCCC1. The van der Waals surface area contributed by atoms with Crippen LogP contribution < -0.4 is 4.72 Å². The molecule has 2 N–H and O–H groups in total. The summed E-state index contributed by atoms with van der Waals surface area (Å²) >= 11 is 0. The number of carbonyl (C=O) groups is 1. The number of aliphatic carboxylic acids is 1. The second-order valence-corrected chi connectivity index (χ2v) is 7.30. The predicted molar refractivity (Wildman–Crippen MR) is 74.5 cm³/mol. The first-order valence-electron chi connectivity index (χ1n) is 7.22. The molecule has 0 aromatic heterocycles. The van der Waals surface area contributed by atoms with Gasteiger partial charge in [-0.2, -0.15) is 0 Å². The van der Waals surface area contributed by atoms with Gasteiger partial charge >= 0.3 is 5.97 Å². The van der Waals surface area contributed by atoms with Crippen molar-refractivity contribution in [2.45, 2.75) is 69.5 Å². The van der Waals surface area contributed by atoms with Gasteiger partial charge in [0.05, 0.1) is 5.25 Å². The molecule has 1 rings (SSSR count). The lowest BCUT2D eigenvalue weighted by atomic mass is 10.0. The number of unbranched alkanes of at least 4 members (excludes halogenated alkanes) is 3. The van der Waals surface area contributed by atoms with E-state index in [1.54, 1.807) is 0 Å². The summed E-state index contributed by atoms with van der Waals surface area (Å²) in [5.74, 6) is -0.766. The third-order valence-corrected chi connectivity index (χ3v) is 5.57. The molecule has 0 spiro atoms. The van der Waals surface area contributed by atoms with Crippen LogP contribution in [0, 0.1) is 0 Å². The summed E-state index contributed by atoms with van der Waals surface area (Å²) in [5, 5.41) is 8.27. The zero-order chi connectivity index (χ0) is 14.1.